The van der Waals surface area contributed by atoms with Crippen molar-refractivity contribution >= 4 is 0 Å². The molecule has 94 valence electrons. The van der Waals surface area contributed by atoms with Crippen molar-refractivity contribution in [2.24, 2.45) is 11.8 Å². The first kappa shape index (κ1) is 12.4. The molecule has 4 unspecified atom stereocenters. The molecule has 2 fully saturated rings. The molecular formula is C14H27NO. The van der Waals surface area contributed by atoms with Crippen LogP contribution < -0.4 is 5.32 Å². The summed E-state index contributed by atoms with van der Waals surface area (Å²) in [6, 6.07) is 0.761. The average molecular weight is 225 g/mol. The zero-order valence-corrected chi connectivity index (χ0v) is 10.9. The standard InChI is InChI=1S/C14H27NO/c1-11(16-2)10-15-14-8-7-12-5-3-4-6-13(12)9-14/h11-15H,3-10H2,1-2H3. The molecule has 2 rings (SSSR count). The molecular weight excluding hydrogens is 198 g/mol. The first-order valence-corrected chi connectivity index (χ1v) is 7.05. The molecule has 16 heavy (non-hydrogen) atoms. The second-order valence-electron chi connectivity index (χ2n) is 5.77. The second-order valence-corrected chi connectivity index (χ2v) is 5.77. The molecule has 2 aliphatic carbocycles. The lowest BCUT2D eigenvalue weighted by Gasteiger charge is -2.39. The molecule has 1 N–H and O–H groups in total. The maximum Gasteiger partial charge on any atom is 0.0667 e. The summed E-state index contributed by atoms with van der Waals surface area (Å²) >= 11 is 0. The van der Waals surface area contributed by atoms with Crippen molar-refractivity contribution in [3.63, 3.8) is 0 Å². The van der Waals surface area contributed by atoms with Crippen LogP contribution in [0.2, 0.25) is 0 Å². The molecule has 0 aromatic rings. The highest BCUT2D eigenvalue weighted by Crippen LogP contribution is 2.40. The van der Waals surface area contributed by atoms with Crippen molar-refractivity contribution in [1.29, 1.82) is 0 Å². The molecule has 0 aliphatic heterocycles. The summed E-state index contributed by atoms with van der Waals surface area (Å²) in [5, 5.41) is 3.68. The molecule has 0 spiro atoms. The zero-order valence-electron chi connectivity index (χ0n) is 10.9. The van der Waals surface area contributed by atoms with E-state index in [1.54, 1.807) is 7.11 Å². The lowest BCUT2D eigenvalue weighted by Crippen LogP contribution is -2.41. The third-order valence-electron chi connectivity index (χ3n) is 4.64. The summed E-state index contributed by atoms with van der Waals surface area (Å²) < 4.78 is 5.29. The quantitative estimate of drug-likeness (QED) is 0.794. The van der Waals surface area contributed by atoms with Gasteiger partial charge in [0.15, 0.2) is 0 Å². The Morgan fingerprint density at radius 2 is 1.88 bits per heavy atom. The Hall–Kier alpha value is -0.0800. The zero-order chi connectivity index (χ0) is 11.4. The fourth-order valence-corrected chi connectivity index (χ4v) is 3.47. The fraction of sp³-hybridized carbons (Fsp3) is 1.00. The Balaban J connectivity index is 1.72. The van der Waals surface area contributed by atoms with Gasteiger partial charge in [-0.15, -0.1) is 0 Å². The minimum absolute atomic E-state index is 0.351. The van der Waals surface area contributed by atoms with E-state index in [-0.39, 0.29) is 0 Å². The maximum absolute atomic E-state index is 5.29. The second kappa shape index (κ2) is 6.02. The van der Waals surface area contributed by atoms with E-state index < -0.39 is 0 Å². The van der Waals surface area contributed by atoms with Gasteiger partial charge in [-0.05, 0) is 38.0 Å². The summed E-state index contributed by atoms with van der Waals surface area (Å²) in [6.45, 7) is 3.15. The molecule has 4 atom stereocenters. The van der Waals surface area contributed by atoms with Crippen LogP contribution in [-0.4, -0.2) is 25.8 Å². The number of ether oxygens (including phenoxy) is 1. The van der Waals surface area contributed by atoms with Gasteiger partial charge < -0.3 is 10.1 Å². The highest BCUT2D eigenvalue weighted by molar-refractivity contribution is 4.86. The normalized spacial score (nSPS) is 36.8. The van der Waals surface area contributed by atoms with E-state index in [4.69, 9.17) is 4.74 Å². The van der Waals surface area contributed by atoms with E-state index in [1.165, 1.54) is 44.9 Å². The van der Waals surface area contributed by atoms with E-state index in [9.17, 15) is 0 Å². The molecule has 2 nitrogen and oxygen atoms in total. The Kier molecular flexibility index (Phi) is 4.66. The van der Waals surface area contributed by atoms with Gasteiger partial charge in [-0.2, -0.15) is 0 Å². The molecule has 0 radical (unpaired) electrons. The van der Waals surface area contributed by atoms with Crippen LogP contribution in [-0.2, 0) is 4.74 Å². The van der Waals surface area contributed by atoms with Crippen molar-refractivity contribution in [3.8, 4) is 0 Å². The average Bonchev–Trinajstić information content (AvgIpc) is 2.35. The summed E-state index contributed by atoms with van der Waals surface area (Å²) in [4.78, 5) is 0. The Morgan fingerprint density at radius 1 is 1.12 bits per heavy atom. The molecule has 0 saturated heterocycles. The van der Waals surface area contributed by atoms with E-state index in [2.05, 4.69) is 12.2 Å². The molecule has 0 bridgehead atoms. The molecule has 0 heterocycles. The van der Waals surface area contributed by atoms with E-state index >= 15 is 0 Å². The summed E-state index contributed by atoms with van der Waals surface area (Å²) in [7, 11) is 1.80. The maximum atomic E-state index is 5.29. The van der Waals surface area contributed by atoms with E-state index in [0.29, 0.717) is 6.10 Å². The topological polar surface area (TPSA) is 21.3 Å². The van der Waals surface area contributed by atoms with Crippen molar-refractivity contribution in [2.45, 2.75) is 64.0 Å². The number of hydrogen-bond donors (Lipinski definition) is 1. The van der Waals surface area contributed by atoms with Crippen molar-refractivity contribution in [2.75, 3.05) is 13.7 Å². The van der Waals surface area contributed by atoms with Crippen LogP contribution in [0.4, 0.5) is 0 Å². The predicted molar refractivity (Wildman–Crippen MR) is 67.6 cm³/mol. The third-order valence-corrected chi connectivity index (χ3v) is 4.64. The van der Waals surface area contributed by atoms with Crippen LogP contribution in [0, 0.1) is 11.8 Å². The summed E-state index contributed by atoms with van der Waals surface area (Å²) in [6.07, 6.45) is 10.6. The lowest BCUT2D eigenvalue weighted by molar-refractivity contribution is 0.0999. The highest BCUT2D eigenvalue weighted by atomic mass is 16.5. The van der Waals surface area contributed by atoms with Gasteiger partial charge in [-0.1, -0.05) is 25.7 Å². The molecule has 2 saturated carbocycles. The van der Waals surface area contributed by atoms with Gasteiger partial charge in [0.25, 0.3) is 0 Å². The number of rotatable bonds is 4. The van der Waals surface area contributed by atoms with E-state index in [1.807, 2.05) is 0 Å². The van der Waals surface area contributed by atoms with Gasteiger partial charge in [-0.25, -0.2) is 0 Å². The molecule has 2 aliphatic rings. The summed E-state index contributed by atoms with van der Waals surface area (Å²) in [5.41, 5.74) is 0. The van der Waals surface area contributed by atoms with Gasteiger partial charge in [0.2, 0.25) is 0 Å². The minimum Gasteiger partial charge on any atom is -0.380 e. The first-order chi connectivity index (χ1) is 7.79. The van der Waals surface area contributed by atoms with Gasteiger partial charge in [-0.3, -0.25) is 0 Å². The Labute approximate surface area is 100 Å². The molecule has 0 amide bonds. The smallest absolute Gasteiger partial charge is 0.0667 e. The number of hydrogen-bond acceptors (Lipinski definition) is 2. The summed E-state index contributed by atoms with van der Waals surface area (Å²) in [5.74, 6) is 2.09. The predicted octanol–water partition coefficient (Wildman–Crippen LogP) is 2.97. The van der Waals surface area contributed by atoms with Crippen LogP contribution in [0.1, 0.15) is 51.9 Å². The number of nitrogens with one attached hydrogen (secondary N) is 1. The number of methoxy groups -OCH3 is 1. The minimum atomic E-state index is 0.351. The molecule has 0 aromatic heterocycles. The number of fused-ring (bicyclic) bond motifs is 1. The van der Waals surface area contributed by atoms with Crippen molar-refractivity contribution in [3.05, 3.63) is 0 Å². The van der Waals surface area contributed by atoms with Crippen LogP contribution >= 0.6 is 0 Å². The third kappa shape index (κ3) is 3.21. The van der Waals surface area contributed by atoms with Crippen LogP contribution in [0.15, 0.2) is 0 Å². The Morgan fingerprint density at radius 3 is 2.62 bits per heavy atom. The molecule has 0 aromatic carbocycles. The highest BCUT2D eigenvalue weighted by Gasteiger charge is 2.31. The largest absolute Gasteiger partial charge is 0.380 e. The molecule has 2 heteroatoms. The van der Waals surface area contributed by atoms with Crippen molar-refractivity contribution in [1.82, 2.24) is 5.32 Å². The monoisotopic (exact) mass is 225 g/mol. The van der Waals surface area contributed by atoms with Crippen LogP contribution in [0.3, 0.4) is 0 Å². The van der Waals surface area contributed by atoms with E-state index in [0.717, 1.165) is 24.4 Å². The Bertz CT molecular complexity index is 207. The van der Waals surface area contributed by atoms with Crippen molar-refractivity contribution < 1.29 is 4.74 Å². The van der Waals surface area contributed by atoms with Gasteiger partial charge in [0.1, 0.15) is 0 Å². The van der Waals surface area contributed by atoms with Gasteiger partial charge >= 0.3 is 0 Å². The van der Waals surface area contributed by atoms with Gasteiger partial charge in [0, 0.05) is 19.7 Å². The SMILES string of the molecule is COC(C)CNC1CCC2CCCCC2C1. The lowest BCUT2D eigenvalue weighted by atomic mass is 9.69. The fourth-order valence-electron chi connectivity index (χ4n) is 3.47. The van der Waals surface area contributed by atoms with Crippen LogP contribution in [0.5, 0.6) is 0 Å². The van der Waals surface area contributed by atoms with Crippen LogP contribution in [0.25, 0.3) is 0 Å². The van der Waals surface area contributed by atoms with Gasteiger partial charge in [0.05, 0.1) is 6.10 Å². The first-order valence-electron chi connectivity index (χ1n) is 7.05.